The molecule has 0 saturated heterocycles. The molecule has 11 aromatic rings. The highest BCUT2D eigenvalue weighted by atomic mass is 16.2. The van der Waals surface area contributed by atoms with E-state index in [1.54, 1.807) is 55.4 Å². The van der Waals surface area contributed by atoms with Crippen LogP contribution in [0.4, 0.5) is 34.5 Å². The molecule has 1 aliphatic rings. The average Bonchev–Trinajstić information content (AvgIpc) is 4.25. The van der Waals surface area contributed by atoms with Gasteiger partial charge in [-0.05, 0) is 102 Å². The molecule has 20 heteroatoms. The number of amides is 3. The summed E-state index contributed by atoms with van der Waals surface area (Å²) in [6.07, 6.45) is 23.3. The van der Waals surface area contributed by atoms with E-state index in [0.29, 0.717) is 34.1 Å². The Morgan fingerprint density at radius 1 is 0.493 bits per heavy atom. The first-order valence-corrected chi connectivity index (χ1v) is 23.1. The molecule has 366 valence electrons. The number of aromatic nitrogens is 11. The minimum atomic E-state index is -0.419. The number of aromatic amines is 2. The molecule has 0 unspecified atom stereocenters. The zero-order chi connectivity index (χ0) is 51.7. The summed E-state index contributed by atoms with van der Waals surface area (Å²) in [6, 6.07) is 31.8. The fourth-order valence-electron chi connectivity index (χ4n) is 7.86. The summed E-state index contributed by atoms with van der Waals surface area (Å²) < 4.78 is 0. The number of nitrogens with zero attached hydrogens (tertiary/aromatic N) is 9. The number of anilines is 6. The Labute approximate surface area is 426 Å². The molecule has 0 fully saturated rings. The number of nitrogens with one attached hydrogen (secondary N) is 5. The molecule has 75 heavy (non-hydrogen) atoms. The molecule has 0 bridgehead atoms. The topological polar surface area (TPSA) is 313 Å². The van der Waals surface area contributed by atoms with Gasteiger partial charge < -0.3 is 43.1 Å². The normalized spacial score (nSPS) is 11.1. The highest BCUT2D eigenvalue weighted by Gasteiger charge is 2.19. The second-order valence-corrected chi connectivity index (χ2v) is 16.6. The van der Waals surface area contributed by atoms with Crippen LogP contribution in [0.2, 0.25) is 0 Å². The summed E-state index contributed by atoms with van der Waals surface area (Å²) in [6.45, 7) is 0. The second kappa shape index (κ2) is 21.5. The van der Waals surface area contributed by atoms with Crippen molar-refractivity contribution in [2.45, 2.75) is 6.42 Å². The molecule has 8 heterocycles. The van der Waals surface area contributed by atoms with Crippen LogP contribution in [-0.4, -0.2) is 72.5 Å². The number of benzene rings is 3. The Hall–Kier alpha value is -11.0. The van der Waals surface area contributed by atoms with E-state index < -0.39 is 17.7 Å². The predicted octanol–water partition coefficient (Wildman–Crippen LogP) is 8.65. The van der Waals surface area contributed by atoms with Crippen LogP contribution in [0.1, 0.15) is 42.6 Å². The number of H-pyrrole nitrogens is 2. The van der Waals surface area contributed by atoms with Crippen molar-refractivity contribution in [1.29, 1.82) is 0 Å². The smallest absolute Gasteiger partial charge is 0.278 e. The minimum absolute atomic E-state index is 0.0730. The molecular weight excluding hydrogens is 947 g/mol. The molecule has 1 aliphatic carbocycles. The number of allylic oxidation sites excluding steroid dienone is 1. The van der Waals surface area contributed by atoms with Gasteiger partial charge in [0.15, 0.2) is 34.5 Å². The molecule has 12 rings (SSSR count). The van der Waals surface area contributed by atoms with E-state index in [0.717, 1.165) is 50.5 Å². The number of rotatable bonds is 9. The Kier molecular flexibility index (Phi) is 13.7. The van der Waals surface area contributed by atoms with Crippen LogP contribution >= 0.6 is 0 Å². The van der Waals surface area contributed by atoms with Gasteiger partial charge in [0.05, 0.1) is 46.9 Å². The van der Waals surface area contributed by atoms with Crippen LogP contribution < -0.4 is 33.2 Å². The molecule has 20 nitrogen and oxygen atoms in total. The summed E-state index contributed by atoms with van der Waals surface area (Å²) in [5.74, 6) is -0.988. The van der Waals surface area contributed by atoms with Crippen LogP contribution in [-0.2, 0) is 6.42 Å². The number of hydrogen-bond donors (Lipinski definition) is 8. The van der Waals surface area contributed by atoms with Crippen LogP contribution in [0.15, 0.2) is 177 Å². The predicted molar refractivity (Wildman–Crippen MR) is 289 cm³/mol. The van der Waals surface area contributed by atoms with Crippen LogP contribution in [0.25, 0.3) is 61.7 Å². The number of carbonyl (C=O) groups excluding carboxylic acids is 3. The monoisotopic (exact) mass is 989 g/mol. The zero-order valence-corrected chi connectivity index (χ0v) is 39.5. The first-order valence-electron chi connectivity index (χ1n) is 23.1. The second-order valence-electron chi connectivity index (χ2n) is 16.6. The van der Waals surface area contributed by atoms with Gasteiger partial charge in [-0.25, -0.2) is 29.9 Å². The van der Waals surface area contributed by atoms with Crippen LogP contribution in [0, 0.1) is 0 Å². The summed E-state index contributed by atoms with van der Waals surface area (Å²) in [5, 5.41) is 10.5. The summed E-state index contributed by atoms with van der Waals surface area (Å²) in [4.78, 5) is 81.5. The first-order chi connectivity index (χ1) is 36.6. The fraction of sp³-hybridized carbons (Fsp3) is 0.0182. The maximum atomic E-state index is 12.7. The van der Waals surface area contributed by atoms with Crippen molar-refractivity contribution in [1.82, 2.24) is 54.8 Å². The SMILES string of the molecule is Nc1ncc(-c2cccnc2)nc1C(=O)Nc1ccc2c(c1)C=CC2.Nc1ncc(-c2cccnc2)nc1C(=O)Nc1ccc2cc[nH]c2c1.Nc1ncc(-c2cccnc2)nc1C(=O)Nc1cccc2cc[nH]c12. The van der Waals surface area contributed by atoms with Gasteiger partial charge in [0.25, 0.3) is 17.7 Å². The molecule has 0 saturated carbocycles. The lowest BCUT2D eigenvalue weighted by Gasteiger charge is -2.09. The summed E-state index contributed by atoms with van der Waals surface area (Å²) >= 11 is 0. The van der Waals surface area contributed by atoms with Gasteiger partial charge in [-0.3, -0.25) is 29.3 Å². The lowest BCUT2D eigenvalue weighted by atomic mass is 10.1. The van der Waals surface area contributed by atoms with Gasteiger partial charge in [0.1, 0.15) is 0 Å². The lowest BCUT2D eigenvalue weighted by Crippen LogP contribution is -2.17. The van der Waals surface area contributed by atoms with E-state index in [4.69, 9.17) is 17.2 Å². The lowest BCUT2D eigenvalue weighted by molar-refractivity contribution is 0.101. The van der Waals surface area contributed by atoms with Crippen LogP contribution in [0.3, 0.4) is 0 Å². The van der Waals surface area contributed by atoms with Crippen molar-refractivity contribution in [2.75, 3.05) is 33.2 Å². The maximum Gasteiger partial charge on any atom is 0.278 e. The quantitative estimate of drug-likeness (QED) is 0.0671. The molecule has 0 aliphatic heterocycles. The van der Waals surface area contributed by atoms with Crippen molar-refractivity contribution >= 4 is 80.1 Å². The Bertz CT molecular complexity index is 3900. The highest BCUT2D eigenvalue weighted by Crippen LogP contribution is 2.27. The molecule has 0 spiro atoms. The van der Waals surface area contributed by atoms with Gasteiger partial charge in [-0.1, -0.05) is 36.4 Å². The molecule has 0 atom stereocenters. The van der Waals surface area contributed by atoms with E-state index in [1.165, 1.54) is 24.2 Å². The largest absolute Gasteiger partial charge is 0.382 e. The first kappa shape index (κ1) is 47.6. The van der Waals surface area contributed by atoms with Gasteiger partial charge in [-0.15, -0.1) is 0 Å². The fourth-order valence-corrected chi connectivity index (χ4v) is 7.86. The van der Waals surface area contributed by atoms with Crippen molar-refractivity contribution in [3.05, 3.63) is 206 Å². The molecule has 11 N–H and O–H groups in total. The molecule has 8 aromatic heterocycles. The number of carbonyl (C=O) groups is 3. The Morgan fingerprint density at radius 2 is 1.00 bits per heavy atom. The Morgan fingerprint density at radius 3 is 1.55 bits per heavy atom. The number of fused-ring (bicyclic) bond motifs is 3. The number of hydrogen-bond acceptors (Lipinski definition) is 15. The minimum Gasteiger partial charge on any atom is -0.382 e. The van der Waals surface area contributed by atoms with Gasteiger partial charge in [-0.2, -0.15) is 0 Å². The molecular formula is C55H43N17O3. The van der Waals surface area contributed by atoms with E-state index in [2.05, 4.69) is 76.9 Å². The van der Waals surface area contributed by atoms with E-state index in [9.17, 15) is 14.4 Å². The van der Waals surface area contributed by atoms with E-state index in [1.807, 2.05) is 103 Å². The summed E-state index contributed by atoms with van der Waals surface area (Å²) in [5.41, 5.74) is 27.8. The van der Waals surface area contributed by atoms with Crippen molar-refractivity contribution in [3.8, 4) is 33.8 Å². The van der Waals surface area contributed by atoms with Crippen molar-refractivity contribution in [3.63, 3.8) is 0 Å². The molecule has 0 radical (unpaired) electrons. The van der Waals surface area contributed by atoms with Crippen LogP contribution in [0.5, 0.6) is 0 Å². The standard InChI is InChI=1S/C19H15N5O.2C18H14N6O/c20-18-17(24-16(11-22-18)14-5-2-8-21-10-14)19(25)23-15-7-6-12-3-1-4-13(12)9-15;19-17-16(23-14(10-22-17)12-4-2-7-20-9-12)18(25)24-13-5-1-3-11-6-8-21-15(11)13;19-17-16(24-15(10-22-17)12-2-1-6-20-9-12)18(25)23-13-4-3-11-5-7-21-14(11)8-13/h1-2,4-11H,3H2,(H2,20,22)(H,23,25);1-10,21H,(H2,19,22)(H,24,25);1-10,21H,(H2,19,22)(H,23,25). The summed E-state index contributed by atoms with van der Waals surface area (Å²) in [7, 11) is 0. The van der Waals surface area contributed by atoms with Gasteiger partial charge in [0, 0.05) is 88.5 Å². The third-order valence-electron chi connectivity index (χ3n) is 11.6. The molecule has 3 aromatic carbocycles. The van der Waals surface area contributed by atoms with Gasteiger partial charge >= 0.3 is 0 Å². The van der Waals surface area contributed by atoms with Crippen molar-refractivity contribution in [2.24, 2.45) is 0 Å². The Balaban J connectivity index is 0.000000128. The third-order valence-corrected chi connectivity index (χ3v) is 11.6. The number of nitrogens with two attached hydrogens (primary N) is 3. The number of pyridine rings is 3. The maximum absolute atomic E-state index is 12.7. The molecule has 3 amide bonds. The van der Waals surface area contributed by atoms with E-state index in [-0.39, 0.29) is 34.5 Å². The van der Waals surface area contributed by atoms with Crippen molar-refractivity contribution < 1.29 is 14.4 Å². The highest BCUT2D eigenvalue weighted by molar-refractivity contribution is 6.10. The van der Waals surface area contributed by atoms with Gasteiger partial charge in [0.2, 0.25) is 0 Å². The van der Waals surface area contributed by atoms with E-state index >= 15 is 0 Å². The number of para-hydroxylation sites is 1. The average molecular weight is 990 g/mol. The number of nitrogen functional groups attached to an aromatic ring is 3. The third kappa shape index (κ3) is 11.0. The zero-order valence-electron chi connectivity index (χ0n) is 39.5.